The van der Waals surface area contributed by atoms with Crippen LogP contribution in [0.5, 0.6) is 0 Å². The number of nitrogens with one attached hydrogen (secondary N) is 1. The lowest BCUT2D eigenvalue weighted by atomic mass is 9.91. The molecule has 140 valence electrons. The van der Waals surface area contributed by atoms with E-state index < -0.39 is 0 Å². The largest absolute Gasteiger partial charge is 0.358 e. The highest BCUT2D eigenvalue weighted by Crippen LogP contribution is 2.36. The van der Waals surface area contributed by atoms with Gasteiger partial charge in [0, 0.05) is 22.5 Å². The highest BCUT2D eigenvalue weighted by atomic mass is 35.5. The van der Waals surface area contributed by atoms with Gasteiger partial charge in [-0.15, -0.1) is 0 Å². The van der Waals surface area contributed by atoms with Gasteiger partial charge in [-0.25, -0.2) is 8.78 Å². The number of aromatic nitrogens is 1. The van der Waals surface area contributed by atoms with Crippen LogP contribution in [0.2, 0.25) is 5.02 Å². The van der Waals surface area contributed by atoms with Gasteiger partial charge in [-0.1, -0.05) is 51.4 Å². The van der Waals surface area contributed by atoms with E-state index >= 15 is 0 Å². The summed E-state index contributed by atoms with van der Waals surface area (Å²) in [6.45, 7) is 9.60. The third-order valence-electron chi connectivity index (χ3n) is 4.64. The zero-order chi connectivity index (χ0) is 19.3. The lowest BCUT2D eigenvalue weighted by Crippen LogP contribution is -2.02. The van der Waals surface area contributed by atoms with E-state index in [2.05, 4.69) is 18.5 Å². The van der Waals surface area contributed by atoms with E-state index in [0.717, 1.165) is 48.0 Å². The molecule has 26 heavy (non-hydrogen) atoms. The number of H-pyrrole nitrogens is 1. The number of hydrogen-bond donors (Lipinski definition) is 1. The second kappa shape index (κ2) is 9.18. The standard InChI is InChI=1S/C22H26ClF2N/c1-5-8-10-17-20-19(12-11-18(23)21(20)25)26-22(17)14(4)15(9-6-2)13-16(24)7-3/h7,9,11-14,26H,3,5-6,8,10H2,1-2,4H3/b15-9+,16-13+. The third-order valence-corrected chi connectivity index (χ3v) is 4.94. The van der Waals surface area contributed by atoms with Crippen molar-refractivity contribution in [1.29, 1.82) is 0 Å². The summed E-state index contributed by atoms with van der Waals surface area (Å²) in [4.78, 5) is 3.35. The van der Waals surface area contributed by atoms with Gasteiger partial charge in [-0.05, 0) is 54.7 Å². The molecule has 1 unspecified atom stereocenters. The molecular weight excluding hydrogens is 352 g/mol. The second-order valence-corrected chi connectivity index (χ2v) is 6.88. The molecule has 1 aromatic heterocycles. The van der Waals surface area contributed by atoms with Gasteiger partial charge in [-0.3, -0.25) is 0 Å². The average Bonchev–Trinajstić information content (AvgIpc) is 3.01. The van der Waals surface area contributed by atoms with Crippen LogP contribution in [-0.2, 0) is 6.42 Å². The summed E-state index contributed by atoms with van der Waals surface area (Å²) in [6.07, 6.45) is 8.17. The molecule has 0 aliphatic heterocycles. The van der Waals surface area contributed by atoms with Gasteiger partial charge < -0.3 is 4.98 Å². The quantitative estimate of drug-likeness (QED) is 0.452. The summed E-state index contributed by atoms with van der Waals surface area (Å²) in [7, 11) is 0. The maximum Gasteiger partial charge on any atom is 0.151 e. The Morgan fingerprint density at radius 1 is 1.35 bits per heavy atom. The molecule has 0 amide bonds. The Bertz CT molecular complexity index is 845. The number of fused-ring (bicyclic) bond motifs is 1. The summed E-state index contributed by atoms with van der Waals surface area (Å²) in [5, 5.41) is 0.673. The van der Waals surface area contributed by atoms with Crippen LogP contribution in [-0.4, -0.2) is 4.98 Å². The molecular formula is C22H26ClF2N. The molecule has 0 aliphatic rings. The van der Waals surface area contributed by atoms with Gasteiger partial charge in [0.1, 0.15) is 5.83 Å². The van der Waals surface area contributed by atoms with Gasteiger partial charge >= 0.3 is 0 Å². The monoisotopic (exact) mass is 377 g/mol. The van der Waals surface area contributed by atoms with Crippen LogP contribution in [0, 0.1) is 5.82 Å². The zero-order valence-corrected chi connectivity index (χ0v) is 16.4. The second-order valence-electron chi connectivity index (χ2n) is 6.47. The molecule has 0 saturated carbocycles. The molecule has 2 rings (SSSR count). The van der Waals surface area contributed by atoms with Crippen molar-refractivity contribution in [3.8, 4) is 0 Å². The molecule has 4 heteroatoms. The minimum atomic E-state index is -0.390. The maximum absolute atomic E-state index is 14.7. The number of hydrogen-bond acceptors (Lipinski definition) is 0. The predicted octanol–water partition coefficient (Wildman–Crippen LogP) is 7.78. The minimum absolute atomic E-state index is 0.0990. The Hall–Kier alpha value is -1.87. The summed E-state index contributed by atoms with van der Waals surface area (Å²) >= 11 is 6.01. The van der Waals surface area contributed by atoms with Gasteiger partial charge in [-0.2, -0.15) is 0 Å². The fourth-order valence-electron chi connectivity index (χ4n) is 3.27. The summed E-state index contributed by atoms with van der Waals surface area (Å²) in [5.74, 6) is -0.867. The van der Waals surface area contributed by atoms with E-state index in [0.29, 0.717) is 5.39 Å². The van der Waals surface area contributed by atoms with Crippen LogP contribution in [0.4, 0.5) is 8.78 Å². The van der Waals surface area contributed by atoms with Crippen LogP contribution >= 0.6 is 11.6 Å². The van der Waals surface area contributed by atoms with Crippen molar-refractivity contribution in [2.75, 3.05) is 0 Å². The zero-order valence-electron chi connectivity index (χ0n) is 15.6. The Morgan fingerprint density at radius 2 is 2.08 bits per heavy atom. The molecule has 0 bridgehead atoms. The minimum Gasteiger partial charge on any atom is -0.358 e. The summed E-state index contributed by atoms with van der Waals surface area (Å²) in [5.41, 5.74) is 3.43. The van der Waals surface area contributed by atoms with Crippen LogP contribution in [0.15, 0.2) is 48.3 Å². The van der Waals surface area contributed by atoms with Crippen LogP contribution in [0.25, 0.3) is 10.9 Å². The lowest BCUT2D eigenvalue weighted by Gasteiger charge is -2.15. The number of allylic oxidation sites excluding steroid dienone is 5. The Kier molecular flexibility index (Phi) is 7.22. The number of aryl methyl sites for hydroxylation is 1. The molecule has 0 radical (unpaired) electrons. The fraction of sp³-hybridized carbons (Fsp3) is 0.364. The first-order chi connectivity index (χ1) is 12.4. The molecule has 1 N–H and O–H groups in total. The molecule has 0 saturated heterocycles. The van der Waals surface area contributed by atoms with Crippen molar-refractivity contribution in [2.24, 2.45) is 0 Å². The molecule has 0 spiro atoms. The SMILES string of the molecule is C=C/C(F)=C\C(=C/CC)C(C)c1[nH]c2ccc(Cl)c(F)c2c1CCCC. The molecule has 1 atom stereocenters. The van der Waals surface area contributed by atoms with E-state index in [1.54, 1.807) is 12.1 Å². The molecule has 1 nitrogen and oxygen atoms in total. The fourth-order valence-corrected chi connectivity index (χ4v) is 3.43. The Balaban J connectivity index is 2.64. The third kappa shape index (κ3) is 4.27. The first-order valence-corrected chi connectivity index (χ1v) is 9.50. The normalized spacial score (nSPS) is 14.1. The first kappa shape index (κ1) is 20.4. The van der Waals surface area contributed by atoms with Crippen molar-refractivity contribution in [3.05, 3.63) is 70.4 Å². The summed E-state index contributed by atoms with van der Waals surface area (Å²) < 4.78 is 28.5. The topological polar surface area (TPSA) is 15.8 Å². The van der Waals surface area contributed by atoms with Gasteiger partial charge in [0.2, 0.25) is 0 Å². The highest BCUT2D eigenvalue weighted by molar-refractivity contribution is 6.31. The van der Waals surface area contributed by atoms with E-state index in [1.165, 1.54) is 12.2 Å². The van der Waals surface area contributed by atoms with Gasteiger partial charge in [0.25, 0.3) is 0 Å². The van der Waals surface area contributed by atoms with Gasteiger partial charge in [0.05, 0.1) is 5.02 Å². The van der Waals surface area contributed by atoms with Crippen molar-refractivity contribution in [1.82, 2.24) is 4.98 Å². The number of unbranched alkanes of at least 4 members (excludes halogenated alkanes) is 1. The van der Waals surface area contributed by atoms with Crippen LogP contribution < -0.4 is 0 Å². The van der Waals surface area contributed by atoms with Crippen molar-refractivity contribution >= 4 is 22.5 Å². The lowest BCUT2D eigenvalue weighted by molar-refractivity contribution is 0.638. The Labute approximate surface area is 159 Å². The van der Waals surface area contributed by atoms with E-state index in [-0.39, 0.29) is 22.6 Å². The Morgan fingerprint density at radius 3 is 2.69 bits per heavy atom. The number of aromatic amines is 1. The number of halogens is 3. The van der Waals surface area contributed by atoms with Crippen molar-refractivity contribution in [2.45, 2.75) is 52.4 Å². The molecule has 1 heterocycles. The van der Waals surface area contributed by atoms with Crippen LogP contribution in [0.3, 0.4) is 0 Å². The number of benzene rings is 1. The average molecular weight is 378 g/mol. The number of rotatable bonds is 8. The molecule has 0 fully saturated rings. The molecule has 2 aromatic rings. The first-order valence-electron chi connectivity index (χ1n) is 9.12. The summed E-state index contributed by atoms with van der Waals surface area (Å²) in [6, 6.07) is 3.36. The molecule has 1 aromatic carbocycles. The smallest absolute Gasteiger partial charge is 0.151 e. The maximum atomic E-state index is 14.7. The molecule has 0 aliphatic carbocycles. The van der Waals surface area contributed by atoms with E-state index in [4.69, 9.17) is 11.6 Å². The van der Waals surface area contributed by atoms with Crippen molar-refractivity contribution < 1.29 is 8.78 Å². The highest BCUT2D eigenvalue weighted by Gasteiger charge is 2.22. The van der Waals surface area contributed by atoms with E-state index in [9.17, 15) is 8.78 Å². The van der Waals surface area contributed by atoms with Crippen molar-refractivity contribution in [3.63, 3.8) is 0 Å². The predicted molar refractivity (Wildman–Crippen MR) is 108 cm³/mol. The van der Waals surface area contributed by atoms with Crippen LogP contribution in [0.1, 0.15) is 57.2 Å². The van der Waals surface area contributed by atoms with E-state index in [1.807, 2.05) is 19.9 Å². The van der Waals surface area contributed by atoms with Gasteiger partial charge in [0.15, 0.2) is 5.82 Å².